The van der Waals surface area contributed by atoms with Crippen molar-refractivity contribution in [3.8, 4) is 0 Å². The van der Waals surface area contributed by atoms with Gasteiger partial charge in [-0.25, -0.2) is 4.79 Å². The number of hydrogen-bond donors (Lipinski definition) is 3. The summed E-state index contributed by atoms with van der Waals surface area (Å²) < 4.78 is 0. The predicted molar refractivity (Wildman–Crippen MR) is 58.2 cm³/mol. The molecule has 0 aromatic carbocycles. The van der Waals surface area contributed by atoms with Crippen molar-refractivity contribution >= 4 is 18.3 Å². The molecule has 0 saturated heterocycles. The van der Waals surface area contributed by atoms with Crippen LogP contribution in [0, 0.1) is 6.92 Å². The first-order valence-corrected chi connectivity index (χ1v) is 4.19. The summed E-state index contributed by atoms with van der Waals surface area (Å²) in [4.78, 5) is 28.2. The maximum absolute atomic E-state index is 11.3. The van der Waals surface area contributed by atoms with Crippen LogP contribution in [0.4, 0.5) is 0 Å². The lowest BCUT2D eigenvalue weighted by atomic mass is 10.3. The highest BCUT2D eigenvalue weighted by Gasteiger charge is 2.07. The van der Waals surface area contributed by atoms with Crippen LogP contribution in [0.15, 0.2) is 10.9 Å². The fourth-order valence-electron chi connectivity index (χ4n) is 0.972. The number of carbonyl (C=O) groups is 1. The van der Waals surface area contributed by atoms with Gasteiger partial charge < -0.3 is 16.0 Å². The van der Waals surface area contributed by atoms with Crippen molar-refractivity contribution in [3.05, 3.63) is 27.9 Å². The van der Waals surface area contributed by atoms with Gasteiger partial charge in [0.25, 0.3) is 5.91 Å². The molecule has 0 atom stereocenters. The van der Waals surface area contributed by atoms with Crippen LogP contribution >= 0.6 is 12.4 Å². The third kappa shape index (κ3) is 4.09. The first kappa shape index (κ1) is 13.6. The Labute approximate surface area is 92.7 Å². The molecular formula is C8H13ClN4O2. The first-order chi connectivity index (χ1) is 6.63. The molecule has 0 bridgehead atoms. The van der Waals surface area contributed by atoms with Gasteiger partial charge in [-0.05, 0) is 13.0 Å². The van der Waals surface area contributed by atoms with Crippen LogP contribution in [0.25, 0.3) is 0 Å². The third-order valence-electron chi connectivity index (χ3n) is 1.54. The predicted octanol–water partition coefficient (Wildman–Crippen LogP) is -0.811. The van der Waals surface area contributed by atoms with Crippen molar-refractivity contribution in [1.82, 2.24) is 15.3 Å². The molecule has 0 aliphatic carbocycles. The fraction of sp³-hybridized carbons (Fsp3) is 0.375. The molecule has 84 valence electrons. The summed E-state index contributed by atoms with van der Waals surface area (Å²) in [6, 6.07) is 1.51. The van der Waals surface area contributed by atoms with E-state index in [4.69, 9.17) is 5.73 Å². The Morgan fingerprint density at radius 3 is 2.87 bits per heavy atom. The number of rotatable bonds is 3. The van der Waals surface area contributed by atoms with E-state index in [0.717, 1.165) is 0 Å². The van der Waals surface area contributed by atoms with Crippen molar-refractivity contribution in [1.29, 1.82) is 0 Å². The Morgan fingerprint density at radius 2 is 2.33 bits per heavy atom. The Bertz CT molecular complexity index is 390. The topological polar surface area (TPSA) is 101 Å². The summed E-state index contributed by atoms with van der Waals surface area (Å²) in [5.41, 5.74) is 5.40. The van der Waals surface area contributed by atoms with Crippen LogP contribution in [0.3, 0.4) is 0 Å². The number of halogens is 1. The zero-order valence-corrected chi connectivity index (χ0v) is 9.06. The minimum Gasteiger partial charge on any atom is -0.349 e. The van der Waals surface area contributed by atoms with Gasteiger partial charge in [0.2, 0.25) is 0 Å². The molecule has 15 heavy (non-hydrogen) atoms. The first-order valence-electron chi connectivity index (χ1n) is 4.19. The van der Waals surface area contributed by atoms with E-state index in [9.17, 15) is 9.59 Å². The van der Waals surface area contributed by atoms with Gasteiger partial charge >= 0.3 is 5.69 Å². The van der Waals surface area contributed by atoms with E-state index >= 15 is 0 Å². The third-order valence-corrected chi connectivity index (χ3v) is 1.54. The average Bonchev–Trinajstić information content (AvgIpc) is 2.12. The Hall–Kier alpha value is -1.40. The van der Waals surface area contributed by atoms with Crippen LogP contribution in [-0.2, 0) is 0 Å². The van der Waals surface area contributed by atoms with Gasteiger partial charge in [-0.1, -0.05) is 0 Å². The summed E-state index contributed by atoms with van der Waals surface area (Å²) in [7, 11) is 0. The number of nitrogens with two attached hydrogens (primary N) is 1. The molecule has 7 heteroatoms. The maximum atomic E-state index is 11.3. The summed E-state index contributed by atoms with van der Waals surface area (Å²) in [5, 5.41) is 2.52. The second kappa shape index (κ2) is 6.15. The highest BCUT2D eigenvalue weighted by atomic mass is 35.5. The maximum Gasteiger partial charge on any atom is 0.345 e. The molecule has 1 amide bonds. The number of H-pyrrole nitrogens is 1. The molecule has 0 aliphatic rings. The number of nitrogens with one attached hydrogen (secondary N) is 2. The SMILES string of the molecule is Cc1cc(C(=O)NCCN)nc(=O)[nH]1.Cl. The molecule has 0 fully saturated rings. The minimum absolute atomic E-state index is 0. The van der Waals surface area contributed by atoms with Crippen LogP contribution < -0.4 is 16.7 Å². The number of nitrogens with zero attached hydrogens (tertiary/aromatic N) is 1. The molecule has 6 nitrogen and oxygen atoms in total. The van der Waals surface area contributed by atoms with E-state index in [2.05, 4.69) is 15.3 Å². The molecular weight excluding hydrogens is 220 g/mol. The van der Waals surface area contributed by atoms with Gasteiger partial charge in [0, 0.05) is 18.8 Å². The number of carbonyl (C=O) groups excluding carboxylic acids is 1. The second-order valence-corrected chi connectivity index (χ2v) is 2.80. The Morgan fingerprint density at radius 1 is 1.67 bits per heavy atom. The molecule has 1 rings (SSSR count). The highest BCUT2D eigenvalue weighted by molar-refractivity contribution is 5.92. The van der Waals surface area contributed by atoms with Gasteiger partial charge in [-0.15, -0.1) is 12.4 Å². The number of aromatic amines is 1. The minimum atomic E-state index is -0.525. The van der Waals surface area contributed by atoms with E-state index in [1.54, 1.807) is 6.92 Å². The fourth-order valence-corrected chi connectivity index (χ4v) is 0.972. The van der Waals surface area contributed by atoms with Crippen LogP contribution in [0.2, 0.25) is 0 Å². The number of hydrogen-bond acceptors (Lipinski definition) is 4. The molecule has 1 heterocycles. The molecule has 4 N–H and O–H groups in total. The Balaban J connectivity index is 0.00000196. The summed E-state index contributed by atoms with van der Waals surface area (Å²) in [5.74, 6) is -0.385. The lowest BCUT2D eigenvalue weighted by molar-refractivity contribution is 0.0949. The van der Waals surface area contributed by atoms with Crippen LogP contribution in [-0.4, -0.2) is 29.0 Å². The monoisotopic (exact) mass is 232 g/mol. The standard InChI is InChI=1S/C8H12N4O2.ClH/c1-5-4-6(12-8(14)11-5)7(13)10-3-2-9;/h4H,2-3,9H2,1H3,(H,10,13)(H,11,12,14);1H. The van der Waals surface area contributed by atoms with Gasteiger partial charge in [0.1, 0.15) is 5.69 Å². The molecule has 1 aromatic rings. The van der Waals surface area contributed by atoms with Gasteiger partial charge in [-0.2, -0.15) is 4.98 Å². The van der Waals surface area contributed by atoms with Crippen molar-refractivity contribution in [3.63, 3.8) is 0 Å². The van der Waals surface area contributed by atoms with Crippen LogP contribution in [0.1, 0.15) is 16.2 Å². The largest absolute Gasteiger partial charge is 0.349 e. The van der Waals surface area contributed by atoms with E-state index in [0.29, 0.717) is 18.8 Å². The Kier molecular flexibility index (Phi) is 5.58. The zero-order chi connectivity index (χ0) is 10.6. The molecule has 1 aromatic heterocycles. The van der Waals surface area contributed by atoms with E-state index in [-0.39, 0.29) is 24.0 Å². The number of aryl methyl sites for hydroxylation is 1. The summed E-state index contributed by atoms with van der Waals surface area (Å²) >= 11 is 0. The van der Waals surface area contributed by atoms with Crippen molar-refractivity contribution in [2.45, 2.75) is 6.92 Å². The van der Waals surface area contributed by atoms with Crippen molar-refractivity contribution in [2.75, 3.05) is 13.1 Å². The lowest BCUT2D eigenvalue weighted by Crippen LogP contribution is -2.31. The molecule has 0 spiro atoms. The van der Waals surface area contributed by atoms with E-state index in [1.165, 1.54) is 6.07 Å². The van der Waals surface area contributed by atoms with Gasteiger partial charge in [0.15, 0.2) is 0 Å². The van der Waals surface area contributed by atoms with Crippen molar-refractivity contribution in [2.24, 2.45) is 5.73 Å². The van der Waals surface area contributed by atoms with E-state index in [1.807, 2.05) is 0 Å². The normalized spacial score (nSPS) is 9.20. The van der Waals surface area contributed by atoms with Crippen molar-refractivity contribution < 1.29 is 4.79 Å². The average molecular weight is 233 g/mol. The van der Waals surface area contributed by atoms with Gasteiger partial charge in [-0.3, -0.25) is 4.79 Å². The number of aromatic nitrogens is 2. The quantitative estimate of drug-likeness (QED) is 0.634. The second-order valence-electron chi connectivity index (χ2n) is 2.80. The highest BCUT2D eigenvalue weighted by Crippen LogP contribution is 1.93. The smallest absolute Gasteiger partial charge is 0.345 e. The molecule has 0 radical (unpaired) electrons. The summed E-state index contributed by atoms with van der Waals surface area (Å²) in [6.07, 6.45) is 0. The van der Waals surface area contributed by atoms with E-state index < -0.39 is 5.69 Å². The summed E-state index contributed by atoms with van der Waals surface area (Å²) in [6.45, 7) is 2.41. The molecule has 0 unspecified atom stereocenters. The van der Waals surface area contributed by atoms with Gasteiger partial charge in [0.05, 0.1) is 0 Å². The zero-order valence-electron chi connectivity index (χ0n) is 8.24. The molecule has 0 saturated carbocycles. The molecule has 0 aliphatic heterocycles. The lowest BCUT2D eigenvalue weighted by Gasteiger charge is -2.02. The van der Waals surface area contributed by atoms with Crippen LogP contribution in [0.5, 0.6) is 0 Å². The number of amides is 1.